The van der Waals surface area contributed by atoms with Gasteiger partial charge in [0.2, 0.25) is 6.79 Å². The topological polar surface area (TPSA) is 85.5 Å². The van der Waals surface area contributed by atoms with Crippen LogP contribution in [-0.4, -0.2) is 29.0 Å². The Labute approximate surface area is 146 Å². The van der Waals surface area contributed by atoms with Crippen molar-refractivity contribution in [1.82, 2.24) is 15.5 Å². The minimum absolute atomic E-state index is 0.0332. The molecular formula is C18H23N3O4. The Kier molecular flexibility index (Phi) is 4.57. The molecule has 1 amide bonds. The van der Waals surface area contributed by atoms with Crippen molar-refractivity contribution in [1.29, 1.82) is 0 Å². The van der Waals surface area contributed by atoms with Gasteiger partial charge in [-0.05, 0) is 25.1 Å². The van der Waals surface area contributed by atoms with E-state index in [0.717, 1.165) is 11.4 Å². The lowest BCUT2D eigenvalue weighted by Crippen LogP contribution is -2.36. The van der Waals surface area contributed by atoms with Gasteiger partial charge in [0.15, 0.2) is 17.6 Å². The van der Waals surface area contributed by atoms with Crippen LogP contribution in [0.25, 0.3) is 0 Å². The Morgan fingerprint density at radius 3 is 2.80 bits per heavy atom. The molecule has 2 aromatic rings. The number of H-pyrrole nitrogens is 1. The second-order valence-electron chi connectivity index (χ2n) is 7.02. The van der Waals surface area contributed by atoms with E-state index >= 15 is 0 Å². The van der Waals surface area contributed by atoms with Crippen LogP contribution in [0.1, 0.15) is 39.1 Å². The molecule has 3 rings (SSSR count). The van der Waals surface area contributed by atoms with E-state index in [4.69, 9.17) is 14.2 Å². The molecule has 1 aliphatic heterocycles. The molecule has 7 heteroatoms. The average molecular weight is 345 g/mol. The summed E-state index contributed by atoms with van der Waals surface area (Å²) in [7, 11) is 0. The van der Waals surface area contributed by atoms with Crippen molar-refractivity contribution in [2.75, 3.05) is 6.79 Å². The molecular weight excluding hydrogens is 322 g/mol. The number of carbonyl (C=O) groups excluding carboxylic acids is 1. The van der Waals surface area contributed by atoms with Crippen LogP contribution in [0.3, 0.4) is 0 Å². The third kappa shape index (κ3) is 4.04. The van der Waals surface area contributed by atoms with Crippen molar-refractivity contribution in [2.45, 2.75) is 45.8 Å². The fourth-order valence-corrected chi connectivity index (χ4v) is 2.37. The summed E-state index contributed by atoms with van der Waals surface area (Å²) in [5.74, 6) is 1.66. The second-order valence-corrected chi connectivity index (χ2v) is 7.02. The summed E-state index contributed by atoms with van der Waals surface area (Å²) in [5.41, 5.74) is 1.78. The molecule has 0 unspecified atom stereocenters. The highest BCUT2D eigenvalue weighted by atomic mass is 16.7. The Morgan fingerprint density at radius 2 is 2.08 bits per heavy atom. The van der Waals surface area contributed by atoms with Crippen molar-refractivity contribution < 1.29 is 19.0 Å². The van der Waals surface area contributed by atoms with Gasteiger partial charge in [0.1, 0.15) is 5.75 Å². The summed E-state index contributed by atoms with van der Waals surface area (Å²) in [6.07, 6.45) is -0.634. The number of rotatable bonds is 5. The fourth-order valence-electron chi connectivity index (χ4n) is 2.37. The Balaban J connectivity index is 1.53. The van der Waals surface area contributed by atoms with Gasteiger partial charge in [0.05, 0.1) is 17.9 Å². The predicted octanol–water partition coefficient (Wildman–Crippen LogP) is 2.52. The van der Waals surface area contributed by atoms with Crippen molar-refractivity contribution in [3.05, 3.63) is 35.7 Å². The highest BCUT2D eigenvalue weighted by Gasteiger charge is 2.20. The van der Waals surface area contributed by atoms with Gasteiger partial charge in [-0.25, -0.2) is 0 Å². The Hall–Kier alpha value is -2.70. The second kappa shape index (κ2) is 6.66. The maximum Gasteiger partial charge on any atom is 0.261 e. The molecule has 0 aliphatic carbocycles. The highest BCUT2D eigenvalue weighted by Crippen LogP contribution is 2.35. The minimum atomic E-state index is -0.634. The largest absolute Gasteiger partial charge is 0.481 e. The maximum absolute atomic E-state index is 12.2. The molecule has 0 fully saturated rings. The van der Waals surface area contributed by atoms with Crippen LogP contribution in [0.4, 0.5) is 0 Å². The third-order valence-corrected chi connectivity index (χ3v) is 3.88. The number of amides is 1. The molecule has 25 heavy (non-hydrogen) atoms. The summed E-state index contributed by atoms with van der Waals surface area (Å²) in [6, 6.07) is 7.20. The van der Waals surface area contributed by atoms with Gasteiger partial charge in [0.25, 0.3) is 5.91 Å². The number of aromatic nitrogens is 2. The lowest BCUT2D eigenvalue weighted by Gasteiger charge is -2.15. The number of nitrogens with one attached hydrogen (secondary N) is 2. The summed E-state index contributed by atoms with van der Waals surface area (Å²) < 4.78 is 16.2. The summed E-state index contributed by atoms with van der Waals surface area (Å²) >= 11 is 0. The number of nitrogens with zero attached hydrogens (tertiary/aromatic N) is 1. The minimum Gasteiger partial charge on any atom is -0.481 e. The zero-order chi connectivity index (χ0) is 18.0. The van der Waals surface area contributed by atoms with Crippen molar-refractivity contribution in [2.24, 2.45) is 0 Å². The van der Waals surface area contributed by atoms with E-state index in [0.29, 0.717) is 23.8 Å². The van der Waals surface area contributed by atoms with Gasteiger partial charge in [-0.2, -0.15) is 5.10 Å². The number of hydrogen-bond donors (Lipinski definition) is 2. The molecule has 0 bridgehead atoms. The lowest BCUT2D eigenvalue weighted by molar-refractivity contribution is -0.127. The maximum atomic E-state index is 12.2. The Bertz CT molecular complexity index is 764. The number of ether oxygens (including phenoxy) is 3. The van der Waals surface area contributed by atoms with Crippen LogP contribution >= 0.6 is 0 Å². The van der Waals surface area contributed by atoms with Crippen molar-refractivity contribution >= 4 is 5.91 Å². The van der Waals surface area contributed by atoms with Crippen LogP contribution < -0.4 is 19.5 Å². The van der Waals surface area contributed by atoms with Gasteiger partial charge in [-0.1, -0.05) is 20.8 Å². The molecule has 7 nitrogen and oxygen atoms in total. The fraction of sp³-hybridized carbons (Fsp3) is 0.444. The third-order valence-electron chi connectivity index (χ3n) is 3.88. The standard InChI is InChI=1S/C18H23N3O4/c1-11(25-13-5-6-14-15(8-13)24-10-23-14)17(22)19-9-12-7-16(21-20-12)18(2,3)4/h5-8,11H,9-10H2,1-4H3,(H,19,22)(H,20,21)/t11-/m0/s1. The van der Waals surface area contributed by atoms with Crippen molar-refractivity contribution in [3.8, 4) is 17.2 Å². The quantitative estimate of drug-likeness (QED) is 0.870. The van der Waals surface area contributed by atoms with E-state index in [1.807, 2.05) is 6.07 Å². The number of benzene rings is 1. The SMILES string of the molecule is C[C@H](Oc1ccc2c(c1)OCO2)C(=O)NCc1cc(C(C)(C)C)n[nH]1. The van der Waals surface area contributed by atoms with E-state index in [1.165, 1.54) is 0 Å². The number of aromatic amines is 1. The highest BCUT2D eigenvalue weighted by molar-refractivity contribution is 5.80. The first-order valence-corrected chi connectivity index (χ1v) is 8.22. The van der Waals surface area contributed by atoms with Crippen molar-refractivity contribution in [3.63, 3.8) is 0 Å². The summed E-state index contributed by atoms with van der Waals surface area (Å²) in [4.78, 5) is 12.2. The first-order valence-electron chi connectivity index (χ1n) is 8.22. The van der Waals surface area contributed by atoms with E-state index in [2.05, 4.69) is 36.3 Å². The van der Waals surface area contributed by atoms with E-state index in [1.54, 1.807) is 25.1 Å². The monoisotopic (exact) mass is 345 g/mol. The number of fused-ring (bicyclic) bond motifs is 1. The smallest absolute Gasteiger partial charge is 0.261 e. The summed E-state index contributed by atoms with van der Waals surface area (Å²) in [6.45, 7) is 8.55. The van der Waals surface area contributed by atoms with Gasteiger partial charge in [-0.3, -0.25) is 9.89 Å². The van der Waals surface area contributed by atoms with Gasteiger partial charge in [-0.15, -0.1) is 0 Å². The molecule has 1 aromatic heterocycles. The van der Waals surface area contributed by atoms with Crippen LogP contribution in [0.15, 0.2) is 24.3 Å². The molecule has 2 heterocycles. The zero-order valence-corrected chi connectivity index (χ0v) is 14.9. The molecule has 1 atom stereocenters. The molecule has 1 aliphatic rings. The number of hydrogen-bond acceptors (Lipinski definition) is 5. The zero-order valence-electron chi connectivity index (χ0n) is 14.9. The lowest BCUT2D eigenvalue weighted by atomic mass is 9.92. The van der Waals surface area contributed by atoms with Crippen LogP contribution in [0, 0.1) is 0 Å². The molecule has 134 valence electrons. The van der Waals surface area contributed by atoms with Crippen LogP contribution in [0.5, 0.6) is 17.2 Å². The van der Waals surface area contributed by atoms with E-state index in [9.17, 15) is 4.79 Å². The molecule has 1 aromatic carbocycles. The van der Waals surface area contributed by atoms with Crippen LogP contribution in [-0.2, 0) is 16.8 Å². The van der Waals surface area contributed by atoms with Gasteiger partial charge in [0, 0.05) is 11.5 Å². The molecule has 0 spiro atoms. The van der Waals surface area contributed by atoms with E-state index < -0.39 is 6.10 Å². The first-order chi connectivity index (χ1) is 11.8. The molecule has 0 saturated heterocycles. The predicted molar refractivity (Wildman–Crippen MR) is 91.8 cm³/mol. The summed E-state index contributed by atoms with van der Waals surface area (Å²) in [5, 5.41) is 10.1. The van der Waals surface area contributed by atoms with Gasteiger partial charge >= 0.3 is 0 Å². The Morgan fingerprint density at radius 1 is 1.32 bits per heavy atom. The van der Waals surface area contributed by atoms with E-state index in [-0.39, 0.29) is 18.1 Å². The average Bonchev–Trinajstić information content (AvgIpc) is 3.20. The number of carbonyl (C=O) groups is 1. The molecule has 2 N–H and O–H groups in total. The first kappa shape index (κ1) is 17.1. The molecule has 0 radical (unpaired) electrons. The van der Waals surface area contributed by atoms with Crippen LogP contribution in [0.2, 0.25) is 0 Å². The normalized spacial score (nSPS) is 14.2. The van der Waals surface area contributed by atoms with Gasteiger partial charge < -0.3 is 19.5 Å². The molecule has 0 saturated carbocycles.